The Morgan fingerprint density at radius 3 is 1.57 bits per heavy atom. The van der Waals surface area contributed by atoms with Crippen LogP contribution in [0.2, 0.25) is 0 Å². The van der Waals surface area contributed by atoms with Gasteiger partial charge in [0.15, 0.2) is 0 Å². The number of hydrogen-bond acceptors (Lipinski definition) is 10. The molecule has 0 spiro atoms. The first-order valence-electron chi connectivity index (χ1n) is 6.50. The molecule has 0 saturated heterocycles. The second-order valence-corrected chi connectivity index (χ2v) is 6.08. The highest BCUT2D eigenvalue weighted by Crippen LogP contribution is 2.19. The molecule has 0 aliphatic heterocycles. The fraction of sp³-hybridized carbons (Fsp3) is 1.00. The predicted octanol–water partition coefficient (Wildman–Crippen LogP) is -1.04. The summed E-state index contributed by atoms with van der Waals surface area (Å²) in [7, 11) is 0.105. The Morgan fingerprint density at radius 1 is 0.810 bits per heavy atom. The third-order valence-corrected chi connectivity index (χ3v) is 4.39. The zero-order valence-electron chi connectivity index (χ0n) is 12.8. The van der Waals surface area contributed by atoms with Gasteiger partial charge < -0.3 is 21.6 Å². The van der Waals surface area contributed by atoms with Gasteiger partial charge in [0.2, 0.25) is 0 Å². The summed E-state index contributed by atoms with van der Waals surface area (Å²) in [5.41, 5.74) is 16.8. The summed E-state index contributed by atoms with van der Waals surface area (Å²) in [4.78, 5) is 13.6. The van der Waals surface area contributed by atoms with Crippen molar-refractivity contribution in [2.75, 3.05) is 41.0 Å². The van der Waals surface area contributed by atoms with Gasteiger partial charge in [-0.05, 0) is 32.4 Å². The van der Waals surface area contributed by atoms with E-state index in [0.717, 1.165) is 0 Å². The maximum absolute atomic E-state index is 6.23. The minimum Gasteiger partial charge on any atom is -0.347 e. The highest BCUT2D eigenvalue weighted by Gasteiger charge is 2.52. The van der Waals surface area contributed by atoms with Crippen molar-refractivity contribution in [3.63, 3.8) is 0 Å². The van der Waals surface area contributed by atoms with Crippen LogP contribution in [0.25, 0.3) is 0 Å². The molecule has 21 heavy (non-hydrogen) atoms. The summed E-state index contributed by atoms with van der Waals surface area (Å²) >= 11 is 0. The monoisotopic (exact) mass is 329 g/mol. The molecule has 128 valence electrons. The van der Waals surface area contributed by atoms with Crippen LogP contribution in [0.5, 0.6) is 0 Å². The van der Waals surface area contributed by atoms with Gasteiger partial charge >= 0.3 is 9.05 Å². The highest BCUT2D eigenvalue weighted by atomic mass is 28.4. The normalized spacial score (nSPS) is 12.9. The Bertz CT molecular complexity index is 240. The van der Waals surface area contributed by atoms with Gasteiger partial charge in [-0.3, -0.25) is 0 Å². The van der Waals surface area contributed by atoms with Crippen LogP contribution in [0, 0.1) is 0 Å². The van der Waals surface area contributed by atoms with Crippen LogP contribution < -0.4 is 17.2 Å². The molecular weight excluding hydrogens is 302 g/mol. The first kappa shape index (κ1) is 20.8. The third kappa shape index (κ3) is 8.13. The summed E-state index contributed by atoms with van der Waals surface area (Å²) in [5.74, 6) is 0. The third-order valence-electron chi connectivity index (χ3n) is 2.72. The second-order valence-electron chi connectivity index (χ2n) is 4.29. The lowest BCUT2D eigenvalue weighted by Crippen LogP contribution is -2.51. The molecule has 0 fully saturated rings. The van der Waals surface area contributed by atoms with Crippen molar-refractivity contribution in [3.05, 3.63) is 0 Å². The summed E-state index contributed by atoms with van der Waals surface area (Å²) in [6, 6.07) is 0. The molecule has 0 heterocycles. The SMILES string of the molecule is COO[Si](OCCC(N)(CCN)CCN)(OOC)OOC. The summed E-state index contributed by atoms with van der Waals surface area (Å²) < 4.78 is 20.1. The van der Waals surface area contributed by atoms with Crippen LogP contribution in [0.1, 0.15) is 19.3 Å². The van der Waals surface area contributed by atoms with Crippen LogP contribution in [0.4, 0.5) is 0 Å². The number of nitrogens with two attached hydrogens (primary N) is 3. The van der Waals surface area contributed by atoms with Crippen LogP contribution in [0.3, 0.4) is 0 Å². The fourth-order valence-electron chi connectivity index (χ4n) is 1.75. The van der Waals surface area contributed by atoms with E-state index < -0.39 is 14.6 Å². The van der Waals surface area contributed by atoms with Crippen molar-refractivity contribution >= 4 is 9.05 Å². The van der Waals surface area contributed by atoms with Crippen molar-refractivity contribution in [2.24, 2.45) is 17.2 Å². The molecular formula is C10H27N3O7Si. The lowest BCUT2D eigenvalue weighted by molar-refractivity contribution is -0.370. The summed E-state index contributed by atoms with van der Waals surface area (Å²) in [6.07, 6.45) is 1.70. The number of hydrogen-bond donors (Lipinski definition) is 3. The minimum absolute atomic E-state index is 0.165. The molecule has 0 amide bonds. The average Bonchev–Trinajstić information content (AvgIpc) is 2.40. The fourth-order valence-corrected chi connectivity index (χ4v) is 2.94. The largest absolute Gasteiger partial charge is 0.764 e. The van der Waals surface area contributed by atoms with E-state index in [9.17, 15) is 0 Å². The molecule has 6 N–H and O–H groups in total. The van der Waals surface area contributed by atoms with Gasteiger partial charge in [-0.1, -0.05) is 0 Å². The van der Waals surface area contributed by atoms with E-state index in [1.807, 2.05) is 0 Å². The van der Waals surface area contributed by atoms with E-state index in [1.165, 1.54) is 21.3 Å². The first-order chi connectivity index (χ1) is 10.0. The Hall–Kier alpha value is -0.183. The Morgan fingerprint density at radius 2 is 1.24 bits per heavy atom. The summed E-state index contributed by atoms with van der Waals surface area (Å²) in [6.45, 7) is 1.08. The minimum atomic E-state index is -3.73. The van der Waals surface area contributed by atoms with Gasteiger partial charge in [-0.2, -0.15) is 13.7 Å². The molecule has 0 aromatic carbocycles. The Kier molecular flexibility index (Phi) is 11.3. The van der Waals surface area contributed by atoms with Crippen molar-refractivity contribution in [2.45, 2.75) is 24.8 Å². The second kappa shape index (κ2) is 11.4. The molecule has 0 radical (unpaired) electrons. The molecule has 0 atom stereocenters. The van der Waals surface area contributed by atoms with Crippen LogP contribution in [-0.4, -0.2) is 55.6 Å². The van der Waals surface area contributed by atoms with Crippen LogP contribution in [-0.2, 0) is 32.8 Å². The lowest BCUT2D eigenvalue weighted by Gasteiger charge is -2.30. The summed E-state index contributed by atoms with van der Waals surface area (Å²) in [5, 5.41) is 0. The van der Waals surface area contributed by atoms with Gasteiger partial charge in [-0.15, -0.1) is 0 Å². The molecule has 0 rings (SSSR count). The number of rotatable bonds is 14. The maximum atomic E-state index is 6.23. The van der Waals surface area contributed by atoms with Crippen molar-refractivity contribution in [3.8, 4) is 0 Å². The van der Waals surface area contributed by atoms with Crippen LogP contribution in [0.15, 0.2) is 0 Å². The Balaban J connectivity index is 4.57. The molecule has 0 saturated carbocycles. The zero-order chi connectivity index (χ0) is 16.2. The van der Waals surface area contributed by atoms with Gasteiger partial charge in [0.1, 0.15) is 0 Å². The van der Waals surface area contributed by atoms with E-state index in [-0.39, 0.29) is 6.61 Å². The van der Waals surface area contributed by atoms with Crippen molar-refractivity contribution in [1.29, 1.82) is 0 Å². The molecule has 0 aromatic heterocycles. The predicted molar refractivity (Wildman–Crippen MR) is 74.9 cm³/mol. The molecule has 0 unspecified atom stereocenters. The Labute approximate surface area is 126 Å². The quantitative estimate of drug-likeness (QED) is 0.205. The van der Waals surface area contributed by atoms with Crippen molar-refractivity contribution < 1.29 is 32.8 Å². The van der Waals surface area contributed by atoms with E-state index >= 15 is 0 Å². The van der Waals surface area contributed by atoms with Gasteiger partial charge in [0.25, 0.3) is 0 Å². The molecule has 0 bridgehead atoms. The molecule has 11 heteroatoms. The van der Waals surface area contributed by atoms with E-state index in [2.05, 4.69) is 14.7 Å². The molecule has 10 nitrogen and oxygen atoms in total. The lowest BCUT2D eigenvalue weighted by atomic mass is 9.89. The smallest absolute Gasteiger partial charge is 0.347 e. The van der Waals surface area contributed by atoms with Crippen molar-refractivity contribution in [1.82, 2.24) is 0 Å². The van der Waals surface area contributed by atoms with E-state index in [4.69, 9.17) is 35.4 Å². The van der Waals surface area contributed by atoms with Gasteiger partial charge in [0.05, 0.1) is 21.3 Å². The van der Waals surface area contributed by atoms with Crippen LogP contribution >= 0.6 is 0 Å². The van der Waals surface area contributed by atoms with E-state index in [0.29, 0.717) is 32.4 Å². The topological polar surface area (TPSA) is 143 Å². The zero-order valence-corrected chi connectivity index (χ0v) is 13.8. The standard InChI is InChI=1S/C10H27N3O7Si/c1-14-18-21(19-15-2,20-16-3)17-9-6-10(13,4-7-11)5-8-12/h4-9,11-13H2,1-3H3. The maximum Gasteiger partial charge on any atom is 0.764 e. The first-order valence-corrected chi connectivity index (χ1v) is 8.13. The molecule has 0 aliphatic carbocycles. The van der Waals surface area contributed by atoms with E-state index in [1.54, 1.807) is 0 Å². The average molecular weight is 329 g/mol. The van der Waals surface area contributed by atoms with Gasteiger partial charge in [-0.25, -0.2) is 14.7 Å². The van der Waals surface area contributed by atoms with Gasteiger partial charge in [0, 0.05) is 12.1 Å². The molecule has 0 aliphatic rings. The highest BCUT2D eigenvalue weighted by molar-refractivity contribution is 6.52. The molecule has 0 aromatic rings.